The SMILES string of the molecule is CC(C)n1ncnc1COc1nn2c(c1C(C)(C)C)C=NNC2(c1cc(F)ccc1F)c1c(F)ccc(F)c1F. The maximum Gasteiger partial charge on any atom is 0.237 e. The summed E-state index contributed by atoms with van der Waals surface area (Å²) < 4.78 is 84.3. The zero-order chi connectivity index (χ0) is 29.0. The van der Waals surface area contributed by atoms with Gasteiger partial charge in [0.1, 0.15) is 30.4 Å². The predicted molar refractivity (Wildman–Crippen MR) is 135 cm³/mol. The van der Waals surface area contributed by atoms with Crippen molar-refractivity contribution in [1.82, 2.24) is 30.0 Å². The predicted octanol–water partition coefficient (Wildman–Crippen LogP) is 5.31. The Balaban J connectivity index is 1.80. The maximum absolute atomic E-state index is 15.5. The fourth-order valence-corrected chi connectivity index (χ4v) is 4.87. The molecule has 0 spiro atoms. The summed E-state index contributed by atoms with van der Waals surface area (Å²) in [6, 6.07) is 3.67. The first-order valence-electron chi connectivity index (χ1n) is 12.4. The third-order valence-corrected chi connectivity index (χ3v) is 6.57. The molecule has 0 fully saturated rings. The van der Waals surface area contributed by atoms with Crippen LogP contribution in [0.1, 0.15) is 68.9 Å². The molecule has 0 saturated carbocycles. The smallest absolute Gasteiger partial charge is 0.237 e. The van der Waals surface area contributed by atoms with Gasteiger partial charge in [-0.3, -0.25) is 5.43 Å². The van der Waals surface area contributed by atoms with Crippen molar-refractivity contribution in [2.45, 2.75) is 58.3 Å². The quantitative estimate of drug-likeness (QED) is 0.256. The van der Waals surface area contributed by atoms with E-state index in [4.69, 9.17) is 4.74 Å². The Bertz CT molecular complexity index is 1620. The Labute approximate surface area is 226 Å². The van der Waals surface area contributed by atoms with Gasteiger partial charge in [-0.05, 0) is 49.6 Å². The van der Waals surface area contributed by atoms with E-state index >= 15 is 13.2 Å². The van der Waals surface area contributed by atoms with Crippen LogP contribution in [0.5, 0.6) is 5.88 Å². The molecule has 2 aromatic carbocycles. The molecule has 0 bridgehead atoms. The lowest BCUT2D eigenvalue weighted by Gasteiger charge is -2.38. The molecule has 0 saturated heterocycles. The van der Waals surface area contributed by atoms with E-state index in [0.29, 0.717) is 23.5 Å². The number of hydrogen-bond acceptors (Lipinski definition) is 6. The monoisotopic (exact) mass is 559 g/mol. The molecule has 0 radical (unpaired) electrons. The van der Waals surface area contributed by atoms with Gasteiger partial charge >= 0.3 is 0 Å². The molecule has 0 aliphatic carbocycles. The second kappa shape index (κ2) is 9.72. The van der Waals surface area contributed by atoms with E-state index in [-0.39, 0.29) is 24.2 Å². The van der Waals surface area contributed by atoms with E-state index in [1.54, 1.807) is 4.68 Å². The van der Waals surface area contributed by atoms with Crippen LogP contribution in [0.2, 0.25) is 0 Å². The van der Waals surface area contributed by atoms with Crippen LogP contribution in [0.15, 0.2) is 41.8 Å². The first-order valence-corrected chi connectivity index (χ1v) is 12.4. The summed E-state index contributed by atoms with van der Waals surface area (Å²) in [5, 5.41) is 12.8. The Morgan fingerprint density at radius 3 is 2.40 bits per heavy atom. The highest BCUT2D eigenvalue weighted by molar-refractivity contribution is 5.82. The van der Waals surface area contributed by atoms with Gasteiger partial charge in [-0.25, -0.2) is 36.3 Å². The minimum absolute atomic E-state index is 0.0164. The van der Waals surface area contributed by atoms with Gasteiger partial charge in [0.2, 0.25) is 11.5 Å². The van der Waals surface area contributed by atoms with E-state index in [1.807, 2.05) is 34.6 Å². The Morgan fingerprint density at radius 1 is 1.00 bits per heavy atom. The summed E-state index contributed by atoms with van der Waals surface area (Å²) in [5.74, 6) is -5.71. The molecule has 3 heterocycles. The number of nitrogens with zero attached hydrogens (tertiary/aromatic N) is 6. The van der Waals surface area contributed by atoms with E-state index in [2.05, 4.69) is 25.7 Å². The van der Waals surface area contributed by atoms with Crippen LogP contribution in [-0.2, 0) is 17.7 Å². The highest BCUT2D eigenvalue weighted by atomic mass is 19.2. The van der Waals surface area contributed by atoms with E-state index in [1.165, 1.54) is 12.5 Å². The van der Waals surface area contributed by atoms with Gasteiger partial charge in [-0.15, -0.1) is 5.10 Å². The molecule has 1 aliphatic rings. The average Bonchev–Trinajstić information content (AvgIpc) is 3.51. The zero-order valence-corrected chi connectivity index (χ0v) is 22.3. The molecule has 40 heavy (non-hydrogen) atoms. The topological polar surface area (TPSA) is 82.2 Å². The van der Waals surface area contributed by atoms with Gasteiger partial charge in [-0.1, -0.05) is 20.8 Å². The summed E-state index contributed by atoms with van der Waals surface area (Å²) in [4.78, 5) is 4.23. The summed E-state index contributed by atoms with van der Waals surface area (Å²) in [6.45, 7) is 9.29. The lowest BCUT2D eigenvalue weighted by molar-refractivity contribution is 0.240. The molecular weight excluding hydrogens is 533 g/mol. The van der Waals surface area contributed by atoms with Crippen molar-refractivity contribution in [2.75, 3.05) is 0 Å². The van der Waals surface area contributed by atoms with Crippen molar-refractivity contribution in [2.24, 2.45) is 5.10 Å². The van der Waals surface area contributed by atoms with E-state index in [0.717, 1.165) is 22.9 Å². The van der Waals surface area contributed by atoms with Crippen molar-refractivity contribution in [1.29, 1.82) is 0 Å². The fourth-order valence-electron chi connectivity index (χ4n) is 4.87. The number of hydrazone groups is 1. The third-order valence-electron chi connectivity index (χ3n) is 6.57. The minimum atomic E-state index is -2.48. The van der Waals surface area contributed by atoms with Crippen LogP contribution in [0.3, 0.4) is 0 Å². The van der Waals surface area contributed by atoms with Gasteiger partial charge in [0.15, 0.2) is 17.5 Å². The molecule has 0 amide bonds. The van der Waals surface area contributed by atoms with E-state index in [9.17, 15) is 8.78 Å². The molecule has 5 rings (SSSR count). The van der Waals surface area contributed by atoms with Gasteiger partial charge in [0, 0.05) is 17.2 Å². The first kappa shape index (κ1) is 27.3. The lowest BCUT2D eigenvalue weighted by Crippen LogP contribution is -2.53. The highest BCUT2D eigenvalue weighted by Gasteiger charge is 2.49. The van der Waals surface area contributed by atoms with Crippen LogP contribution in [0, 0.1) is 29.1 Å². The van der Waals surface area contributed by atoms with Crippen molar-refractivity contribution >= 4 is 6.21 Å². The molecule has 13 heteroatoms. The number of ether oxygens (including phenoxy) is 1. The maximum atomic E-state index is 15.5. The first-order chi connectivity index (χ1) is 18.9. The molecule has 8 nitrogen and oxygen atoms in total. The number of hydrogen-bond donors (Lipinski definition) is 1. The van der Waals surface area contributed by atoms with Crippen molar-refractivity contribution < 1.29 is 26.7 Å². The van der Waals surface area contributed by atoms with Gasteiger partial charge in [0.25, 0.3) is 0 Å². The van der Waals surface area contributed by atoms with Gasteiger partial charge in [-0.2, -0.15) is 10.2 Å². The Morgan fingerprint density at radius 2 is 1.70 bits per heavy atom. The number of halogens is 5. The number of aromatic nitrogens is 5. The van der Waals surface area contributed by atoms with Gasteiger partial charge < -0.3 is 4.74 Å². The summed E-state index contributed by atoms with van der Waals surface area (Å²) in [7, 11) is 0. The summed E-state index contributed by atoms with van der Waals surface area (Å²) >= 11 is 0. The largest absolute Gasteiger partial charge is 0.468 e. The van der Waals surface area contributed by atoms with Crippen molar-refractivity contribution in [3.8, 4) is 5.88 Å². The molecule has 1 atom stereocenters. The van der Waals surface area contributed by atoms with Crippen LogP contribution in [0.25, 0.3) is 0 Å². The Kier molecular flexibility index (Phi) is 6.63. The van der Waals surface area contributed by atoms with E-state index < -0.39 is 51.3 Å². The van der Waals surface area contributed by atoms with Crippen LogP contribution in [0.4, 0.5) is 22.0 Å². The zero-order valence-electron chi connectivity index (χ0n) is 22.3. The normalized spacial score (nSPS) is 16.8. The molecule has 4 aromatic rings. The standard InChI is InChI=1S/C27H26F5N7O/c1-14(2)38-21(33-13-35-38)12-40-25-23(26(3,4)5)20-11-34-37-27(39(20)36-25,16-10-15(28)6-7-17(16)29)22-18(30)8-9-19(31)24(22)32/h6-11,13-14,37H,12H2,1-5H3. The lowest BCUT2D eigenvalue weighted by atomic mass is 9.85. The minimum Gasteiger partial charge on any atom is -0.468 e. The van der Waals surface area contributed by atoms with Crippen LogP contribution in [-0.4, -0.2) is 30.8 Å². The molecule has 1 aliphatic heterocycles. The van der Waals surface area contributed by atoms with Gasteiger partial charge in [0.05, 0.1) is 17.5 Å². The average molecular weight is 560 g/mol. The fraction of sp³-hybridized carbons (Fsp3) is 0.333. The highest BCUT2D eigenvalue weighted by Crippen LogP contribution is 2.43. The number of fused-ring (bicyclic) bond motifs is 1. The number of nitrogens with one attached hydrogen (secondary N) is 1. The molecule has 1 unspecified atom stereocenters. The second-order valence-corrected chi connectivity index (χ2v) is 10.7. The molecule has 2 aromatic heterocycles. The second-order valence-electron chi connectivity index (χ2n) is 10.7. The molecule has 1 N–H and O–H groups in total. The third kappa shape index (κ3) is 4.29. The van der Waals surface area contributed by atoms with Crippen LogP contribution >= 0.6 is 0 Å². The summed E-state index contributed by atoms with van der Waals surface area (Å²) in [5.41, 5.74) is -1.57. The van der Waals surface area contributed by atoms with Crippen molar-refractivity contribution in [3.05, 3.63) is 94.0 Å². The van der Waals surface area contributed by atoms with Crippen LogP contribution < -0.4 is 10.2 Å². The number of rotatable bonds is 6. The molecule has 210 valence electrons. The molecular formula is C27H26F5N7O. The van der Waals surface area contributed by atoms with Crippen molar-refractivity contribution in [3.63, 3.8) is 0 Å². The summed E-state index contributed by atoms with van der Waals surface area (Å²) in [6.07, 6.45) is 2.70. The Hall–Kier alpha value is -4.29. The number of benzene rings is 2.